The largest absolute Gasteiger partial charge is 0.279 e. The van der Waals surface area contributed by atoms with Gasteiger partial charge < -0.3 is 0 Å². The van der Waals surface area contributed by atoms with E-state index in [0.717, 1.165) is 5.57 Å². The Morgan fingerprint density at radius 3 is 3.00 bits per heavy atom. The quantitative estimate of drug-likeness (QED) is 0.882. The Morgan fingerprint density at radius 2 is 2.33 bits per heavy atom. The van der Waals surface area contributed by atoms with Gasteiger partial charge in [-0.25, -0.2) is 18.1 Å². The molecule has 0 atom stereocenters. The molecule has 2 heterocycles. The zero-order chi connectivity index (χ0) is 13.3. The predicted octanol–water partition coefficient (Wildman–Crippen LogP) is 2.29. The van der Waals surface area contributed by atoms with Gasteiger partial charge >= 0.3 is 0 Å². The number of imidazole rings is 1. The van der Waals surface area contributed by atoms with E-state index in [4.69, 9.17) is 11.6 Å². The Kier molecular flexibility index (Phi) is 3.76. The van der Waals surface area contributed by atoms with Crippen LogP contribution in [0.25, 0.3) is 4.96 Å². The molecule has 98 valence electrons. The van der Waals surface area contributed by atoms with Crippen LogP contribution in [-0.2, 0) is 10.0 Å². The van der Waals surface area contributed by atoms with E-state index in [1.165, 1.54) is 15.7 Å². The summed E-state index contributed by atoms with van der Waals surface area (Å²) in [5, 5.41) is 1.74. The summed E-state index contributed by atoms with van der Waals surface area (Å²) in [7, 11) is -3.66. The maximum Gasteiger partial charge on any atom is 0.260 e. The number of allylic oxidation sites excluding steroid dienone is 1. The number of sulfonamides is 1. The third-order valence-electron chi connectivity index (χ3n) is 2.22. The molecule has 5 nitrogen and oxygen atoms in total. The van der Waals surface area contributed by atoms with Crippen molar-refractivity contribution in [1.29, 1.82) is 0 Å². The van der Waals surface area contributed by atoms with Crippen molar-refractivity contribution in [1.82, 2.24) is 14.1 Å². The van der Waals surface area contributed by atoms with Crippen molar-refractivity contribution in [2.24, 2.45) is 0 Å². The number of hydrogen-bond donors (Lipinski definition) is 1. The summed E-state index contributed by atoms with van der Waals surface area (Å²) < 4.78 is 28.2. The summed E-state index contributed by atoms with van der Waals surface area (Å²) in [6.07, 6.45) is 3.42. The van der Waals surface area contributed by atoms with Gasteiger partial charge in [0.05, 0.1) is 0 Å². The minimum atomic E-state index is -3.66. The number of nitrogens with zero attached hydrogens (tertiary/aromatic N) is 2. The number of aromatic nitrogens is 2. The maximum atomic E-state index is 12.1. The third kappa shape index (κ3) is 2.59. The highest BCUT2D eigenvalue weighted by atomic mass is 35.5. The average Bonchev–Trinajstić information content (AvgIpc) is 2.74. The minimum Gasteiger partial charge on any atom is -0.279 e. The van der Waals surface area contributed by atoms with E-state index in [2.05, 4.69) is 9.71 Å². The van der Waals surface area contributed by atoms with E-state index in [1.54, 1.807) is 17.7 Å². The van der Waals surface area contributed by atoms with Crippen LogP contribution in [0.15, 0.2) is 28.3 Å². The maximum absolute atomic E-state index is 12.1. The lowest BCUT2D eigenvalue weighted by molar-refractivity contribution is 0.581. The summed E-state index contributed by atoms with van der Waals surface area (Å²) in [5.74, 6) is 0. The van der Waals surface area contributed by atoms with Crippen molar-refractivity contribution in [3.05, 3.63) is 28.4 Å². The van der Waals surface area contributed by atoms with Crippen LogP contribution < -0.4 is 4.72 Å². The SMILES string of the molecule is CC(C)=CCNS(=O)(=O)c1c(Cl)nc2sccn12. The topological polar surface area (TPSA) is 63.5 Å². The van der Waals surface area contributed by atoms with Gasteiger partial charge in [-0.1, -0.05) is 23.3 Å². The Hall–Kier alpha value is -0.890. The van der Waals surface area contributed by atoms with Crippen molar-refractivity contribution in [3.63, 3.8) is 0 Å². The average molecular weight is 306 g/mol. The molecule has 8 heteroatoms. The molecule has 0 fully saturated rings. The lowest BCUT2D eigenvalue weighted by Crippen LogP contribution is -2.25. The Bertz CT molecular complexity index is 696. The van der Waals surface area contributed by atoms with E-state index in [9.17, 15) is 8.42 Å². The second-order valence-electron chi connectivity index (χ2n) is 3.90. The molecular weight excluding hydrogens is 294 g/mol. The number of rotatable bonds is 4. The number of nitrogens with one attached hydrogen (secondary N) is 1. The predicted molar refractivity (Wildman–Crippen MR) is 72.7 cm³/mol. The summed E-state index contributed by atoms with van der Waals surface area (Å²) in [5.41, 5.74) is 1.04. The van der Waals surface area contributed by atoms with Gasteiger partial charge in [-0.05, 0) is 13.8 Å². The lowest BCUT2D eigenvalue weighted by Gasteiger charge is -2.03. The Balaban J connectivity index is 2.37. The van der Waals surface area contributed by atoms with Crippen LogP contribution in [0.2, 0.25) is 5.15 Å². The number of thiazole rings is 1. The molecular formula is C10H12ClN3O2S2. The van der Waals surface area contributed by atoms with Crippen molar-refractivity contribution >= 4 is 37.9 Å². The van der Waals surface area contributed by atoms with Crippen molar-refractivity contribution in [2.45, 2.75) is 18.9 Å². The normalized spacial score (nSPS) is 11.9. The molecule has 0 aliphatic carbocycles. The number of halogens is 1. The van der Waals surface area contributed by atoms with Gasteiger partial charge in [0, 0.05) is 18.1 Å². The van der Waals surface area contributed by atoms with Crippen molar-refractivity contribution < 1.29 is 8.42 Å². The van der Waals surface area contributed by atoms with Gasteiger partial charge in [-0.15, -0.1) is 11.3 Å². The molecule has 0 aliphatic heterocycles. The molecule has 0 bridgehead atoms. The lowest BCUT2D eigenvalue weighted by atomic mass is 10.3. The minimum absolute atomic E-state index is 0.00782. The number of fused-ring (bicyclic) bond motifs is 1. The van der Waals surface area contributed by atoms with E-state index >= 15 is 0 Å². The van der Waals surface area contributed by atoms with E-state index in [1.807, 2.05) is 13.8 Å². The standard InChI is InChI=1S/C10H12ClN3O2S2/c1-7(2)3-4-12-18(15,16)9-8(11)13-10-14(9)5-6-17-10/h3,5-6,12H,4H2,1-2H3. The van der Waals surface area contributed by atoms with Gasteiger partial charge in [0.15, 0.2) is 15.1 Å². The fourth-order valence-electron chi connectivity index (χ4n) is 1.40. The fourth-order valence-corrected chi connectivity index (χ4v) is 3.81. The molecule has 0 radical (unpaired) electrons. The second kappa shape index (κ2) is 5.00. The zero-order valence-electron chi connectivity index (χ0n) is 9.84. The van der Waals surface area contributed by atoms with E-state index in [0.29, 0.717) is 4.96 Å². The van der Waals surface area contributed by atoms with Crippen LogP contribution >= 0.6 is 22.9 Å². The summed E-state index contributed by atoms with van der Waals surface area (Å²) >= 11 is 7.21. The van der Waals surface area contributed by atoms with Crippen LogP contribution in [0, 0.1) is 0 Å². The zero-order valence-corrected chi connectivity index (χ0v) is 12.2. The molecule has 1 N–H and O–H groups in total. The van der Waals surface area contributed by atoms with Gasteiger partial charge in [0.1, 0.15) is 0 Å². The molecule has 0 unspecified atom stereocenters. The molecule has 2 rings (SSSR count). The summed E-state index contributed by atoms with van der Waals surface area (Å²) in [6, 6.07) is 0. The highest BCUT2D eigenvalue weighted by Crippen LogP contribution is 2.24. The monoisotopic (exact) mass is 305 g/mol. The second-order valence-corrected chi connectivity index (χ2v) is 6.81. The van der Waals surface area contributed by atoms with Crippen molar-refractivity contribution in [3.8, 4) is 0 Å². The smallest absolute Gasteiger partial charge is 0.260 e. The highest BCUT2D eigenvalue weighted by Gasteiger charge is 2.24. The Morgan fingerprint density at radius 1 is 1.61 bits per heavy atom. The van der Waals surface area contributed by atoms with Crippen LogP contribution in [0.1, 0.15) is 13.8 Å². The van der Waals surface area contributed by atoms with E-state index < -0.39 is 10.0 Å². The Labute approximate surface area is 114 Å². The highest BCUT2D eigenvalue weighted by molar-refractivity contribution is 7.89. The van der Waals surface area contributed by atoms with Crippen molar-refractivity contribution in [2.75, 3.05) is 6.54 Å². The molecule has 0 aliphatic rings. The first kappa shape index (κ1) is 13.5. The third-order valence-corrected chi connectivity index (χ3v) is 4.79. The molecule has 0 aromatic carbocycles. The van der Waals surface area contributed by atoms with Gasteiger partial charge in [-0.3, -0.25) is 4.40 Å². The fraction of sp³-hybridized carbons (Fsp3) is 0.300. The first-order valence-corrected chi connectivity index (χ1v) is 7.90. The van der Waals surface area contributed by atoms with Crippen LogP contribution in [0.4, 0.5) is 0 Å². The summed E-state index contributed by atoms with van der Waals surface area (Å²) in [4.78, 5) is 4.55. The first-order valence-electron chi connectivity index (χ1n) is 5.16. The van der Waals surface area contributed by atoms with E-state index in [-0.39, 0.29) is 16.7 Å². The molecule has 0 spiro atoms. The molecule has 0 saturated heterocycles. The van der Waals surface area contributed by atoms with Gasteiger partial charge in [-0.2, -0.15) is 0 Å². The molecule has 2 aromatic rings. The van der Waals surface area contributed by atoms with Crippen LogP contribution in [0.3, 0.4) is 0 Å². The van der Waals surface area contributed by atoms with Gasteiger partial charge in [0.2, 0.25) is 0 Å². The summed E-state index contributed by atoms with van der Waals surface area (Å²) in [6.45, 7) is 4.03. The molecule has 18 heavy (non-hydrogen) atoms. The molecule has 0 saturated carbocycles. The van der Waals surface area contributed by atoms with Gasteiger partial charge in [0.25, 0.3) is 10.0 Å². The van der Waals surface area contributed by atoms with Crippen LogP contribution in [0.5, 0.6) is 0 Å². The number of hydrogen-bond acceptors (Lipinski definition) is 4. The van der Waals surface area contributed by atoms with Crippen LogP contribution in [-0.4, -0.2) is 24.3 Å². The first-order chi connectivity index (χ1) is 8.42. The molecule has 0 amide bonds. The molecule has 2 aromatic heterocycles.